The predicted molar refractivity (Wildman–Crippen MR) is 108 cm³/mol. The van der Waals surface area contributed by atoms with Gasteiger partial charge in [-0.25, -0.2) is 0 Å². The second-order valence-corrected chi connectivity index (χ2v) is 7.58. The number of amides is 2. The molecule has 1 saturated heterocycles. The van der Waals surface area contributed by atoms with Gasteiger partial charge in [-0.3, -0.25) is 14.4 Å². The monoisotopic (exact) mass is 474 g/mol. The van der Waals surface area contributed by atoms with Crippen LogP contribution in [0.5, 0.6) is 0 Å². The molecule has 1 atom stereocenters. The minimum atomic E-state index is -4.61. The van der Waals surface area contributed by atoms with E-state index in [0.29, 0.717) is 16.8 Å². The molecule has 164 valence electrons. The first-order valence-corrected chi connectivity index (χ1v) is 9.69. The summed E-state index contributed by atoms with van der Waals surface area (Å²) in [5, 5.41) is 2.50. The van der Waals surface area contributed by atoms with Gasteiger partial charge in [0.15, 0.2) is 6.61 Å². The number of benzene rings is 2. The number of anilines is 2. The quantitative estimate of drug-likeness (QED) is 0.645. The van der Waals surface area contributed by atoms with E-state index in [2.05, 4.69) is 5.32 Å². The highest BCUT2D eigenvalue weighted by Crippen LogP contribution is 2.34. The van der Waals surface area contributed by atoms with Gasteiger partial charge in [-0.05, 0) is 36.4 Å². The topological polar surface area (TPSA) is 75.7 Å². The third-order valence-electron chi connectivity index (χ3n) is 4.49. The average Bonchev–Trinajstić information content (AvgIpc) is 3.09. The first-order valence-electron chi connectivity index (χ1n) is 8.94. The summed E-state index contributed by atoms with van der Waals surface area (Å²) < 4.78 is 43.4. The number of nitrogens with one attached hydrogen (secondary N) is 1. The van der Waals surface area contributed by atoms with Gasteiger partial charge >= 0.3 is 12.1 Å². The molecule has 2 aromatic carbocycles. The Hall–Kier alpha value is -2.78. The van der Waals surface area contributed by atoms with E-state index >= 15 is 0 Å². The van der Waals surface area contributed by atoms with Gasteiger partial charge in [0.25, 0.3) is 5.91 Å². The van der Waals surface area contributed by atoms with Gasteiger partial charge in [-0.2, -0.15) is 13.2 Å². The molecule has 0 saturated carbocycles. The molecule has 1 aliphatic heterocycles. The normalized spacial score (nSPS) is 16.4. The highest BCUT2D eigenvalue weighted by Gasteiger charge is 2.36. The van der Waals surface area contributed by atoms with Crippen LogP contribution in [0, 0.1) is 5.92 Å². The second kappa shape index (κ2) is 9.15. The number of alkyl halides is 3. The molecule has 6 nitrogen and oxygen atoms in total. The Morgan fingerprint density at radius 2 is 1.90 bits per heavy atom. The van der Waals surface area contributed by atoms with E-state index in [1.807, 2.05) is 0 Å². The molecule has 2 amide bonds. The van der Waals surface area contributed by atoms with Crippen LogP contribution in [-0.4, -0.2) is 30.9 Å². The summed E-state index contributed by atoms with van der Waals surface area (Å²) in [5.41, 5.74) is -0.722. The average molecular weight is 475 g/mol. The number of nitrogens with zero attached hydrogens (tertiary/aromatic N) is 1. The van der Waals surface area contributed by atoms with Crippen LogP contribution in [0.25, 0.3) is 0 Å². The van der Waals surface area contributed by atoms with Gasteiger partial charge in [0.1, 0.15) is 0 Å². The molecule has 1 aliphatic rings. The first-order chi connectivity index (χ1) is 14.5. The van der Waals surface area contributed by atoms with E-state index < -0.39 is 36.1 Å². The lowest BCUT2D eigenvalue weighted by Gasteiger charge is -2.16. The van der Waals surface area contributed by atoms with Crippen molar-refractivity contribution in [2.45, 2.75) is 12.6 Å². The van der Waals surface area contributed by atoms with Gasteiger partial charge in [0.05, 0.1) is 22.2 Å². The number of halogens is 5. The minimum absolute atomic E-state index is 0.0546. The largest absolute Gasteiger partial charge is 0.455 e. The van der Waals surface area contributed by atoms with Crippen molar-refractivity contribution in [1.29, 1.82) is 0 Å². The zero-order valence-corrected chi connectivity index (χ0v) is 17.2. The fourth-order valence-corrected chi connectivity index (χ4v) is 3.35. The Morgan fingerprint density at radius 3 is 2.58 bits per heavy atom. The Kier molecular flexibility index (Phi) is 6.76. The zero-order valence-electron chi connectivity index (χ0n) is 15.7. The van der Waals surface area contributed by atoms with Gasteiger partial charge in [0, 0.05) is 23.7 Å². The van der Waals surface area contributed by atoms with Crippen molar-refractivity contribution in [3.8, 4) is 0 Å². The second-order valence-electron chi connectivity index (χ2n) is 6.73. The highest BCUT2D eigenvalue weighted by molar-refractivity contribution is 6.33. The maximum atomic E-state index is 12.8. The van der Waals surface area contributed by atoms with Gasteiger partial charge < -0.3 is 15.0 Å². The van der Waals surface area contributed by atoms with Crippen molar-refractivity contribution in [3.63, 3.8) is 0 Å². The fourth-order valence-electron chi connectivity index (χ4n) is 3.00. The Bertz CT molecular complexity index is 1030. The highest BCUT2D eigenvalue weighted by atomic mass is 35.5. The molecule has 0 spiro atoms. The number of esters is 1. The van der Waals surface area contributed by atoms with E-state index in [4.69, 9.17) is 27.9 Å². The van der Waals surface area contributed by atoms with Crippen LogP contribution < -0.4 is 10.2 Å². The number of hydrogen-bond acceptors (Lipinski definition) is 4. The third-order valence-corrected chi connectivity index (χ3v) is 5.06. The minimum Gasteiger partial charge on any atom is -0.455 e. The lowest BCUT2D eigenvalue weighted by Crippen LogP contribution is -2.28. The molecule has 2 aromatic rings. The maximum Gasteiger partial charge on any atom is 0.416 e. The van der Waals surface area contributed by atoms with E-state index in [9.17, 15) is 27.6 Å². The van der Waals surface area contributed by atoms with Crippen molar-refractivity contribution in [1.82, 2.24) is 0 Å². The summed E-state index contributed by atoms with van der Waals surface area (Å²) in [6.07, 6.45) is -4.72. The van der Waals surface area contributed by atoms with Gasteiger partial charge in [-0.15, -0.1) is 0 Å². The standard InChI is InChI=1S/C20H15Cl2F3N2O4/c21-13-2-1-3-14(8-13)27-9-11(6-18(27)29)19(30)31-10-17(28)26-16-7-12(20(23,24)25)4-5-15(16)22/h1-5,7-8,11H,6,9-10H2,(H,26,28)/t11-/m0/s1. The predicted octanol–water partition coefficient (Wildman–Crippen LogP) is 4.55. The molecule has 1 heterocycles. The zero-order chi connectivity index (χ0) is 22.8. The van der Waals surface area contributed by atoms with E-state index in [1.54, 1.807) is 24.3 Å². The first kappa shape index (κ1) is 22.9. The summed E-state index contributed by atoms with van der Waals surface area (Å²) in [6, 6.07) is 9.03. The van der Waals surface area contributed by atoms with Crippen LogP contribution in [0.15, 0.2) is 42.5 Å². The SMILES string of the molecule is O=C(COC(=O)[C@H]1CC(=O)N(c2cccc(Cl)c2)C1)Nc1cc(C(F)(F)F)ccc1Cl. The van der Waals surface area contributed by atoms with Crippen LogP contribution in [0.3, 0.4) is 0 Å². The lowest BCUT2D eigenvalue weighted by molar-refractivity contribution is -0.151. The number of hydrogen-bond donors (Lipinski definition) is 1. The van der Waals surface area contributed by atoms with Crippen LogP contribution in [0.4, 0.5) is 24.5 Å². The van der Waals surface area contributed by atoms with Crippen molar-refractivity contribution in [3.05, 3.63) is 58.1 Å². The number of rotatable bonds is 5. The summed E-state index contributed by atoms with van der Waals surface area (Å²) >= 11 is 11.7. The fraction of sp³-hybridized carbons (Fsp3) is 0.250. The summed E-state index contributed by atoms with van der Waals surface area (Å²) in [7, 11) is 0. The Balaban J connectivity index is 1.56. The molecule has 0 bridgehead atoms. The maximum absolute atomic E-state index is 12.8. The van der Waals surface area contributed by atoms with Gasteiger partial charge in [0.2, 0.25) is 5.91 Å². The smallest absolute Gasteiger partial charge is 0.416 e. The summed E-state index contributed by atoms with van der Waals surface area (Å²) in [6.45, 7) is -0.688. The summed E-state index contributed by atoms with van der Waals surface area (Å²) in [4.78, 5) is 37.9. The van der Waals surface area contributed by atoms with E-state index in [0.717, 1.165) is 12.1 Å². The molecule has 0 aliphatic carbocycles. The van der Waals surface area contributed by atoms with Crippen LogP contribution in [0.2, 0.25) is 10.0 Å². The lowest BCUT2D eigenvalue weighted by atomic mass is 10.1. The molecule has 31 heavy (non-hydrogen) atoms. The number of ether oxygens (including phenoxy) is 1. The molecule has 1 N–H and O–H groups in total. The molecule has 0 unspecified atom stereocenters. The molecule has 0 radical (unpaired) electrons. The van der Waals surface area contributed by atoms with Gasteiger partial charge in [-0.1, -0.05) is 29.3 Å². The van der Waals surface area contributed by atoms with Crippen LogP contribution in [0.1, 0.15) is 12.0 Å². The van der Waals surface area contributed by atoms with E-state index in [-0.39, 0.29) is 29.6 Å². The molecule has 11 heteroatoms. The van der Waals surface area contributed by atoms with Crippen molar-refractivity contribution < 1.29 is 32.3 Å². The Labute approximate surface area is 184 Å². The third kappa shape index (κ3) is 5.68. The van der Waals surface area contributed by atoms with Crippen molar-refractivity contribution in [2.24, 2.45) is 5.92 Å². The van der Waals surface area contributed by atoms with Crippen molar-refractivity contribution >= 4 is 52.4 Å². The van der Waals surface area contributed by atoms with E-state index in [1.165, 1.54) is 4.90 Å². The number of carbonyl (C=O) groups excluding carboxylic acids is 3. The molecule has 0 aromatic heterocycles. The molecular formula is C20H15Cl2F3N2O4. The molecule has 3 rings (SSSR count). The molecular weight excluding hydrogens is 460 g/mol. The van der Waals surface area contributed by atoms with Crippen LogP contribution in [-0.2, 0) is 25.3 Å². The number of carbonyl (C=O) groups is 3. The molecule has 1 fully saturated rings. The van der Waals surface area contributed by atoms with Crippen LogP contribution >= 0.6 is 23.2 Å². The Morgan fingerprint density at radius 1 is 1.16 bits per heavy atom. The summed E-state index contributed by atoms with van der Waals surface area (Å²) in [5.74, 6) is -2.74. The van der Waals surface area contributed by atoms with Crippen molar-refractivity contribution in [2.75, 3.05) is 23.4 Å².